The first-order valence-corrected chi connectivity index (χ1v) is 9.49. The standard InChI is InChI=1S/C21H9F13N2O2/c22-8-4-10(35)15(24)17(13(8)20(29,30)31)37-6-1-2-7(19(26,27)28)12(3-6)38-18-14(21(32,33)34)9(23)5-11(36)16(18)25/h1-5H,35-36H2. The van der Waals surface area contributed by atoms with E-state index < -0.39 is 92.9 Å². The van der Waals surface area contributed by atoms with Crippen molar-refractivity contribution in [3.63, 3.8) is 0 Å². The zero-order valence-corrected chi connectivity index (χ0v) is 17.8. The van der Waals surface area contributed by atoms with Crippen LogP contribution in [0.15, 0.2) is 30.3 Å². The van der Waals surface area contributed by atoms with Gasteiger partial charge in [-0.1, -0.05) is 0 Å². The van der Waals surface area contributed by atoms with E-state index >= 15 is 0 Å². The Morgan fingerprint density at radius 3 is 1.37 bits per heavy atom. The summed E-state index contributed by atoms with van der Waals surface area (Å²) in [4.78, 5) is 0. The molecule has 17 heteroatoms. The summed E-state index contributed by atoms with van der Waals surface area (Å²) in [7, 11) is 0. The number of benzene rings is 3. The normalized spacial score (nSPS) is 12.6. The molecule has 0 aliphatic heterocycles. The zero-order chi connectivity index (χ0) is 29.0. The van der Waals surface area contributed by atoms with Gasteiger partial charge in [0, 0.05) is 18.2 Å². The Kier molecular flexibility index (Phi) is 7.02. The molecule has 206 valence electrons. The number of halogens is 13. The topological polar surface area (TPSA) is 70.5 Å². The summed E-state index contributed by atoms with van der Waals surface area (Å²) in [5, 5.41) is 0. The first-order valence-electron chi connectivity index (χ1n) is 9.49. The van der Waals surface area contributed by atoms with Gasteiger partial charge in [-0.15, -0.1) is 0 Å². The Morgan fingerprint density at radius 1 is 0.553 bits per heavy atom. The summed E-state index contributed by atoms with van der Waals surface area (Å²) in [6.07, 6.45) is -16.8. The molecule has 0 aliphatic carbocycles. The fraction of sp³-hybridized carbons (Fsp3) is 0.143. The molecule has 0 atom stereocenters. The van der Waals surface area contributed by atoms with E-state index in [1.54, 1.807) is 0 Å². The van der Waals surface area contributed by atoms with E-state index in [9.17, 15) is 57.1 Å². The van der Waals surface area contributed by atoms with Gasteiger partial charge in [0.1, 0.15) is 34.3 Å². The fourth-order valence-corrected chi connectivity index (χ4v) is 3.08. The maximum Gasteiger partial charge on any atom is 0.422 e. The third-order valence-electron chi connectivity index (χ3n) is 4.66. The third kappa shape index (κ3) is 5.45. The molecular weight excluding hydrogens is 559 g/mol. The number of anilines is 2. The van der Waals surface area contributed by atoms with E-state index in [0.717, 1.165) is 0 Å². The largest absolute Gasteiger partial charge is 0.453 e. The lowest BCUT2D eigenvalue weighted by Gasteiger charge is -2.20. The van der Waals surface area contributed by atoms with Crippen molar-refractivity contribution in [3.05, 3.63) is 70.3 Å². The molecule has 0 heterocycles. The number of ether oxygens (including phenoxy) is 2. The Hall–Kier alpha value is -4.05. The predicted molar refractivity (Wildman–Crippen MR) is 103 cm³/mol. The van der Waals surface area contributed by atoms with Crippen LogP contribution in [0, 0.1) is 23.3 Å². The van der Waals surface area contributed by atoms with E-state index in [4.69, 9.17) is 11.5 Å². The molecule has 4 nitrogen and oxygen atoms in total. The van der Waals surface area contributed by atoms with E-state index in [0.29, 0.717) is 0 Å². The van der Waals surface area contributed by atoms with E-state index in [1.165, 1.54) is 0 Å². The van der Waals surface area contributed by atoms with Gasteiger partial charge in [0.2, 0.25) is 0 Å². The van der Waals surface area contributed by atoms with E-state index in [2.05, 4.69) is 9.47 Å². The molecule has 3 aromatic rings. The van der Waals surface area contributed by atoms with Crippen LogP contribution in [0.25, 0.3) is 0 Å². The summed E-state index contributed by atoms with van der Waals surface area (Å²) in [6, 6.07) is 0.0565. The number of alkyl halides is 9. The predicted octanol–water partition coefficient (Wildman–Crippen LogP) is 8.05. The summed E-state index contributed by atoms with van der Waals surface area (Å²) in [5.74, 6) is -15.6. The number of hydrogen-bond donors (Lipinski definition) is 2. The molecular formula is C21H9F13N2O2. The van der Waals surface area contributed by atoms with Gasteiger partial charge >= 0.3 is 18.5 Å². The van der Waals surface area contributed by atoms with Gasteiger partial charge in [-0.2, -0.15) is 39.5 Å². The molecule has 38 heavy (non-hydrogen) atoms. The van der Waals surface area contributed by atoms with Crippen molar-refractivity contribution in [1.29, 1.82) is 0 Å². The van der Waals surface area contributed by atoms with Crippen molar-refractivity contribution in [2.45, 2.75) is 18.5 Å². The highest BCUT2D eigenvalue weighted by atomic mass is 19.4. The molecule has 3 aromatic carbocycles. The Morgan fingerprint density at radius 2 is 0.974 bits per heavy atom. The number of rotatable bonds is 4. The molecule has 0 saturated carbocycles. The van der Waals surface area contributed by atoms with Gasteiger partial charge in [-0.05, 0) is 12.1 Å². The van der Waals surface area contributed by atoms with E-state index in [-0.39, 0.29) is 30.3 Å². The first-order chi connectivity index (χ1) is 17.2. The van der Waals surface area contributed by atoms with Crippen LogP contribution in [0.1, 0.15) is 16.7 Å². The third-order valence-corrected chi connectivity index (χ3v) is 4.66. The fourth-order valence-electron chi connectivity index (χ4n) is 3.08. The number of nitrogens with two attached hydrogens (primary N) is 2. The number of nitrogen functional groups attached to an aromatic ring is 2. The Balaban J connectivity index is 2.25. The minimum absolute atomic E-state index is 0.00763. The Labute approximate surface area is 202 Å². The second-order valence-electron chi connectivity index (χ2n) is 7.29. The van der Waals surface area contributed by atoms with Crippen LogP contribution in [0.3, 0.4) is 0 Å². The van der Waals surface area contributed by atoms with Crippen LogP contribution >= 0.6 is 0 Å². The molecule has 0 amide bonds. The summed E-state index contributed by atoms with van der Waals surface area (Å²) >= 11 is 0. The maximum absolute atomic E-state index is 14.4. The number of hydrogen-bond acceptors (Lipinski definition) is 4. The quantitative estimate of drug-likeness (QED) is 0.247. The zero-order valence-electron chi connectivity index (χ0n) is 17.8. The summed E-state index contributed by atoms with van der Waals surface area (Å²) in [5.41, 5.74) is 0.776. The Bertz CT molecular complexity index is 1400. The van der Waals surface area contributed by atoms with Gasteiger partial charge < -0.3 is 20.9 Å². The highest BCUT2D eigenvalue weighted by Crippen LogP contribution is 2.48. The molecule has 0 spiro atoms. The lowest BCUT2D eigenvalue weighted by atomic mass is 10.1. The highest BCUT2D eigenvalue weighted by molar-refractivity contribution is 5.57. The van der Waals surface area contributed by atoms with Crippen LogP contribution in [-0.4, -0.2) is 0 Å². The van der Waals surface area contributed by atoms with Crippen molar-refractivity contribution in [1.82, 2.24) is 0 Å². The summed E-state index contributed by atoms with van der Waals surface area (Å²) in [6.45, 7) is 0. The van der Waals surface area contributed by atoms with Crippen LogP contribution in [0.5, 0.6) is 23.0 Å². The minimum atomic E-state index is -5.73. The van der Waals surface area contributed by atoms with Crippen LogP contribution < -0.4 is 20.9 Å². The minimum Gasteiger partial charge on any atom is -0.453 e. The lowest BCUT2D eigenvalue weighted by Crippen LogP contribution is -2.14. The smallest absolute Gasteiger partial charge is 0.422 e. The SMILES string of the molecule is Nc1cc(F)c(C(F)(F)F)c(Oc2ccc(C(F)(F)F)c(Oc3c(F)c(N)cc(F)c3C(F)(F)F)c2)c1F. The van der Waals surface area contributed by atoms with Gasteiger partial charge in [-0.3, -0.25) is 0 Å². The highest BCUT2D eigenvalue weighted by Gasteiger charge is 2.43. The second kappa shape index (κ2) is 9.36. The average Bonchev–Trinajstić information content (AvgIpc) is 2.72. The molecule has 0 aliphatic rings. The van der Waals surface area contributed by atoms with Crippen molar-refractivity contribution >= 4 is 11.4 Å². The molecule has 0 unspecified atom stereocenters. The van der Waals surface area contributed by atoms with Crippen molar-refractivity contribution < 1.29 is 66.5 Å². The van der Waals surface area contributed by atoms with Crippen LogP contribution in [0.4, 0.5) is 68.5 Å². The van der Waals surface area contributed by atoms with Crippen molar-refractivity contribution in [2.24, 2.45) is 0 Å². The molecule has 0 radical (unpaired) electrons. The maximum atomic E-state index is 14.4. The molecule has 0 aromatic heterocycles. The van der Waals surface area contributed by atoms with Crippen LogP contribution in [-0.2, 0) is 18.5 Å². The van der Waals surface area contributed by atoms with E-state index in [1.807, 2.05) is 0 Å². The van der Waals surface area contributed by atoms with Gasteiger partial charge in [-0.25, -0.2) is 17.6 Å². The van der Waals surface area contributed by atoms with Gasteiger partial charge in [0.15, 0.2) is 23.1 Å². The molecule has 3 rings (SSSR count). The molecule has 0 fully saturated rings. The van der Waals surface area contributed by atoms with Crippen LogP contribution in [0.2, 0.25) is 0 Å². The first kappa shape index (κ1) is 28.5. The molecule has 0 saturated heterocycles. The average molecular weight is 568 g/mol. The second-order valence-corrected chi connectivity index (χ2v) is 7.29. The monoisotopic (exact) mass is 568 g/mol. The van der Waals surface area contributed by atoms with Gasteiger partial charge in [0.05, 0.1) is 16.9 Å². The summed E-state index contributed by atoms with van der Waals surface area (Å²) < 4.78 is 186. The molecule has 0 bridgehead atoms. The van der Waals surface area contributed by atoms with Crippen molar-refractivity contribution in [2.75, 3.05) is 11.5 Å². The van der Waals surface area contributed by atoms with Gasteiger partial charge in [0.25, 0.3) is 0 Å². The van der Waals surface area contributed by atoms with Crippen molar-refractivity contribution in [3.8, 4) is 23.0 Å². The molecule has 4 N–H and O–H groups in total. The lowest BCUT2D eigenvalue weighted by molar-refractivity contribution is -0.142.